The summed E-state index contributed by atoms with van der Waals surface area (Å²) in [4.78, 5) is 32.3. The number of nitrogens with zero attached hydrogens (tertiary/aromatic N) is 2. The number of benzene rings is 1. The molecule has 0 unspecified atom stereocenters. The molecule has 0 saturated heterocycles. The molecule has 0 bridgehead atoms. The number of rotatable bonds is 6. The number of hydrogen-bond donors (Lipinski definition) is 2. The van der Waals surface area contributed by atoms with Crippen LogP contribution in [0.3, 0.4) is 0 Å². The van der Waals surface area contributed by atoms with Crippen molar-refractivity contribution in [1.82, 2.24) is 9.55 Å². The van der Waals surface area contributed by atoms with Gasteiger partial charge in [0.2, 0.25) is 5.91 Å². The third kappa shape index (κ3) is 3.95. The van der Waals surface area contributed by atoms with Gasteiger partial charge in [-0.15, -0.1) is 17.9 Å². The van der Waals surface area contributed by atoms with E-state index in [0.717, 1.165) is 41.5 Å². The predicted molar refractivity (Wildman–Crippen MR) is 118 cm³/mol. The van der Waals surface area contributed by atoms with Gasteiger partial charge >= 0.3 is 0 Å². The van der Waals surface area contributed by atoms with Crippen LogP contribution in [0, 0.1) is 0 Å². The topological polar surface area (TPSA) is 84.2 Å². The van der Waals surface area contributed by atoms with E-state index in [2.05, 4.69) is 11.9 Å². The van der Waals surface area contributed by atoms with E-state index in [0.29, 0.717) is 17.4 Å². The highest BCUT2D eigenvalue weighted by molar-refractivity contribution is 7.99. The van der Waals surface area contributed by atoms with Gasteiger partial charge in [-0.05, 0) is 43.4 Å². The lowest BCUT2D eigenvalue weighted by Gasteiger charge is -2.12. The zero-order valence-corrected chi connectivity index (χ0v) is 17.4. The van der Waals surface area contributed by atoms with E-state index in [-0.39, 0.29) is 23.0 Å². The summed E-state index contributed by atoms with van der Waals surface area (Å²) in [6.45, 7) is 4.10. The third-order valence-corrected chi connectivity index (χ3v) is 7.02. The number of thiophene rings is 1. The van der Waals surface area contributed by atoms with Gasteiger partial charge in [-0.3, -0.25) is 14.2 Å². The number of amides is 1. The minimum Gasteiger partial charge on any atom is -0.506 e. The number of fused-ring (bicyclic) bond motifs is 3. The zero-order valence-electron chi connectivity index (χ0n) is 15.8. The molecular weight excluding hydrogens is 406 g/mol. The molecule has 2 N–H and O–H groups in total. The van der Waals surface area contributed by atoms with Crippen molar-refractivity contribution in [3.05, 3.63) is 57.7 Å². The molecule has 150 valence electrons. The van der Waals surface area contributed by atoms with Crippen molar-refractivity contribution in [2.75, 3.05) is 11.1 Å². The molecule has 6 nitrogen and oxygen atoms in total. The first-order chi connectivity index (χ1) is 14.1. The number of allylic oxidation sites excluding steroid dienone is 1. The lowest BCUT2D eigenvalue weighted by Crippen LogP contribution is -2.24. The molecule has 1 amide bonds. The van der Waals surface area contributed by atoms with Crippen LogP contribution in [0.25, 0.3) is 10.2 Å². The minimum absolute atomic E-state index is 0.0122. The summed E-state index contributed by atoms with van der Waals surface area (Å²) in [5.74, 6) is -0.186. The van der Waals surface area contributed by atoms with Crippen LogP contribution < -0.4 is 10.9 Å². The number of aromatic nitrogens is 2. The second-order valence-electron chi connectivity index (χ2n) is 6.84. The Labute approximate surface area is 176 Å². The maximum Gasteiger partial charge on any atom is 0.263 e. The molecule has 0 aliphatic heterocycles. The van der Waals surface area contributed by atoms with Crippen molar-refractivity contribution in [2.45, 2.75) is 37.4 Å². The Morgan fingerprint density at radius 2 is 2.14 bits per heavy atom. The van der Waals surface area contributed by atoms with Crippen molar-refractivity contribution >= 4 is 44.9 Å². The Bertz CT molecular complexity index is 1150. The number of phenols is 1. The third-order valence-electron chi connectivity index (χ3n) is 4.86. The Balaban J connectivity index is 1.62. The van der Waals surface area contributed by atoms with Gasteiger partial charge in [0.1, 0.15) is 10.6 Å². The summed E-state index contributed by atoms with van der Waals surface area (Å²) < 4.78 is 1.59. The van der Waals surface area contributed by atoms with Crippen LogP contribution in [-0.2, 0) is 24.2 Å². The summed E-state index contributed by atoms with van der Waals surface area (Å²) in [6, 6.07) is 6.57. The predicted octanol–water partition coefficient (Wildman–Crippen LogP) is 3.96. The average molecular weight is 428 g/mol. The maximum atomic E-state index is 13.2. The molecule has 29 heavy (non-hydrogen) atoms. The van der Waals surface area contributed by atoms with Gasteiger partial charge in [-0.25, -0.2) is 4.98 Å². The van der Waals surface area contributed by atoms with Crippen molar-refractivity contribution in [1.29, 1.82) is 0 Å². The van der Waals surface area contributed by atoms with Gasteiger partial charge < -0.3 is 10.4 Å². The lowest BCUT2D eigenvalue weighted by molar-refractivity contribution is -0.113. The number of aryl methyl sites for hydroxylation is 2. The van der Waals surface area contributed by atoms with Gasteiger partial charge in [0, 0.05) is 11.4 Å². The molecule has 0 atom stereocenters. The molecule has 3 aromatic rings. The van der Waals surface area contributed by atoms with Gasteiger partial charge in [0.25, 0.3) is 5.56 Å². The van der Waals surface area contributed by atoms with Crippen molar-refractivity contribution in [3.8, 4) is 5.75 Å². The molecule has 0 saturated carbocycles. The monoisotopic (exact) mass is 427 g/mol. The molecule has 0 spiro atoms. The molecule has 1 aliphatic carbocycles. The summed E-state index contributed by atoms with van der Waals surface area (Å²) in [5, 5.41) is 13.7. The van der Waals surface area contributed by atoms with Crippen LogP contribution in [-0.4, -0.2) is 26.3 Å². The molecule has 1 aliphatic rings. The van der Waals surface area contributed by atoms with E-state index < -0.39 is 0 Å². The van der Waals surface area contributed by atoms with Crippen LogP contribution in [0.2, 0.25) is 0 Å². The van der Waals surface area contributed by atoms with E-state index in [9.17, 15) is 14.7 Å². The first kappa shape index (κ1) is 19.7. The number of phenolic OH excluding ortho intramolecular Hbond substituents is 1. The van der Waals surface area contributed by atoms with Gasteiger partial charge in [-0.1, -0.05) is 30.0 Å². The van der Waals surface area contributed by atoms with Crippen LogP contribution >= 0.6 is 23.1 Å². The van der Waals surface area contributed by atoms with Crippen LogP contribution in [0.15, 0.2) is 46.9 Å². The number of carbonyl (C=O) groups excluding carboxylic acids is 1. The van der Waals surface area contributed by atoms with Gasteiger partial charge in [-0.2, -0.15) is 0 Å². The van der Waals surface area contributed by atoms with Crippen molar-refractivity contribution in [3.63, 3.8) is 0 Å². The molecule has 1 aromatic carbocycles. The largest absolute Gasteiger partial charge is 0.506 e. The smallest absolute Gasteiger partial charge is 0.263 e. The minimum atomic E-state index is -0.276. The molecule has 0 fully saturated rings. The van der Waals surface area contributed by atoms with E-state index in [1.54, 1.807) is 40.2 Å². The lowest BCUT2D eigenvalue weighted by atomic mass is 9.97. The molecule has 2 heterocycles. The molecule has 0 radical (unpaired) electrons. The number of anilines is 1. The quantitative estimate of drug-likeness (QED) is 0.269. The number of hydrogen-bond acceptors (Lipinski definition) is 6. The van der Waals surface area contributed by atoms with Crippen LogP contribution in [0.1, 0.15) is 23.3 Å². The fourth-order valence-corrected chi connectivity index (χ4v) is 5.63. The van der Waals surface area contributed by atoms with Crippen molar-refractivity contribution < 1.29 is 9.90 Å². The summed E-state index contributed by atoms with van der Waals surface area (Å²) in [5.41, 5.74) is 1.45. The molecule has 2 aromatic heterocycles. The highest BCUT2D eigenvalue weighted by atomic mass is 32.2. The van der Waals surface area contributed by atoms with Crippen LogP contribution in [0.4, 0.5) is 5.69 Å². The summed E-state index contributed by atoms with van der Waals surface area (Å²) in [7, 11) is 0. The fourth-order valence-electron chi connectivity index (χ4n) is 3.52. The first-order valence-corrected chi connectivity index (χ1v) is 11.3. The molecular formula is C21H21N3O3S2. The Morgan fingerprint density at radius 3 is 2.93 bits per heavy atom. The Morgan fingerprint density at radius 1 is 1.34 bits per heavy atom. The molecule has 4 rings (SSSR count). The average Bonchev–Trinajstić information content (AvgIpc) is 3.09. The second kappa shape index (κ2) is 8.42. The van der Waals surface area contributed by atoms with Gasteiger partial charge in [0.05, 0.1) is 16.8 Å². The van der Waals surface area contributed by atoms with Gasteiger partial charge in [0.15, 0.2) is 5.16 Å². The number of nitrogens with one attached hydrogen (secondary N) is 1. The number of aromatic hydroxyl groups is 1. The second-order valence-corrected chi connectivity index (χ2v) is 8.87. The van der Waals surface area contributed by atoms with Crippen LogP contribution in [0.5, 0.6) is 5.75 Å². The first-order valence-electron chi connectivity index (χ1n) is 9.45. The van der Waals surface area contributed by atoms with E-state index >= 15 is 0 Å². The summed E-state index contributed by atoms with van der Waals surface area (Å²) >= 11 is 2.81. The Hall–Kier alpha value is -2.58. The van der Waals surface area contributed by atoms with E-state index in [4.69, 9.17) is 4.98 Å². The van der Waals surface area contributed by atoms with E-state index in [1.807, 2.05) is 0 Å². The fraction of sp³-hybridized carbons (Fsp3) is 0.286. The highest BCUT2D eigenvalue weighted by Gasteiger charge is 2.22. The standard InChI is InChI=1S/C21H21N3O3S2/c1-2-11-24-20(27)18-13-7-3-6-10-16(13)29-19(18)23-21(24)28-12-17(26)22-14-8-4-5-9-15(14)25/h2,4-5,8-9,25H,1,3,6-7,10-12H2,(H,22,26). The number of para-hydroxylation sites is 2. The normalized spacial score (nSPS) is 13.2. The number of thioether (sulfide) groups is 1. The summed E-state index contributed by atoms with van der Waals surface area (Å²) in [6.07, 6.45) is 5.84. The highest BCUT2D eigenvalue weighted by Crippen LogP contribution is 2.34. The Kier molecular flexibility index (Phi) is 5.73. The van der Waals surface area contributed by atoms with E-state index in [1.165, 1.54) is 22.7 Å². The SMILES string of the molecule is C=CCn1c(SCC(=O)Nc2ccccc2O)nc2sc3c(c2c1=O)CCCC3. The maximum absolute atomic E-state index is 13.2. The zero-order chi connectivity index (χ0) is 20.4. The number of carbonyl (C=O) groups is 1. The molecule has 8 heteroatoms. The van der Waals surface area contributed by atoms with Crippen molar-refractivity contribution in [2.24, 2.45) is 0 Å².